The number of amides is 7. The summed E-state index contributed by atoms with van der Waals surface area (Å²) in [4.78, 5) is 92.9. The van der Waals surface area contributed by atoms with Crippen LogP contribution in [0.25, 0.3) is 0 Å². The summed E-state index contributed by atoms with van der Waals surface area (Å²) in [5, 5.41) is 10.5. The van der Waals surface area contributed by atoms with Crippen molar-refractivity contribution in [2.75, 3.05) is 93.7 Å². The van der Waals surface area contributed by atoms with E-state index in [0.717, 1.165) is 42.3 Å². The lowest BCUT2D eigenvalue weighted by Gasteiger charge is -2.37. The molecule has 20 heteroatoms. The highest BCUT2D eigenvalue weighted by molar-refractivity contribution is 6.23. The number of benzene rings is 2. The van der Waals surface area contributed by atoms with Gasteiger partial charge in [0, 0.05) is 85.5 Å². The van der Waals surface area contributed by atoms with E-state index >= 15 is 8.78 Å². The lowest BCUT2D eigenvalue weighted by molar-refractivity contribution is -0.136. The first kappa shape index (κ1) is 42.0. The van der Waals surface area contributed by atoms with Gasteiger partial charge in [-0.1, -0.05) is 6.07 Å². The van der Waals surface area contributed by atoms with Gasteiger partial charge in [0.2, 0.25) is 17.8 Å². The number of fused-ring (bicyclic) bond motifs is 1. The van der Waals surface area contributed by atoms with Crippen molar-refractivity contribution < 1.29 is 37.5 Å². The minimum absolute atomic E-state index is 0.00282. The number of hydrogen-bond donors (Lipinski definition) is 2. The summed E-state index contributed by atoms with van der Waals surface area (Å²) in [5.41, 5.74) is 7.44. The second-order valence-electron chi connectivity index (χ2n) is 17.4. The molecule has 5 fully saturated rings. The van der Waals surface area contributed by atoms with Crippen LogP contribution in [0.1, 0.15) is 74.6 Å². The van der Waals surface area contributed by atoms with E-state index in [1.54, 1.807) is 18.0 Å². The first-order chi connectivity index (χ1) is 30.3. The average Bonchev–Trinajstić information content (AvgIpc) is 3.94. The lowest BCUT2D eigenvalue weighted by atomic mass is 10.0. The Bertz CT molecular complexity index is 2380. The zero-order chi connectivity index (χ0) is 44.1. The fourth-order valence-corrected chi connectivity index (χ4v) is 9.93. The predicted molar refractivity (Wildman–Crippen MR) is 224 cm³/mol. The van der Waals surface area contributed by atoms with Crippen molar-refractivity contribution in [3.8, 4) is 0 Å². The quantitative estimate of drug-likeness (QED) is 0.263. The summed E-state index contributed by atoms with van der Waals surface area (Å²) in [6.07, 6.45) is 3.23. The van der Waals surface area contributed by atoms with E-state index in [-0.39, 0.29) is 59.2 Å². The van der Waals surface area contributed by atoms with E-state index in [1.165, 1.54) is 12.1 Å². The van der Waals surface area contributed by atoms with Crippen LogP contribution < -0.4 is 25.8 Å². The number of anilines is 3. The number of nitrogens with zero attached hydrogens (tertiary/aromatic N) is 10. The van der Waals surface area contributed by atoms with Crippen LogP contribution in [0.4, 0.5) is 30.9 Å². The molecule has 0 radical (unpaired) electrons. The highest BCUT2D eigenvalue weighted by Gasteiger charge is 2.46. The van der Waals surface area contributed by atoms with Gasteiger partial charge in [0.15, 0.2) is 5.69 Å². The van der Waals surface area contributed by atoms with Crippen molar-refractivity contribution in [2.45, 2.75) is 57.0 Å². The topological polar surface area (TPSA) is 202 Å². The molecule has 1 aromatic heterocycles. The molecule has 3 atom stereocenters. The fraction of sp³-hybridized carbons (Fsp3) is 0.512. The molecule has 2 unspecified atom stereocenters. The van der Waals surface area contributed by atoms with Crippen LogP contribution in [0.5, 0.6) is 0 Å². The number of primary amides is 1. The Balaban J connectivity index is 0.774. The third kappa shape index (κ3) is 8.23. The molecule has 0 saturated carbocycles. The van der Waals surface area contributed by atoms with Gasteiger partial charge in [-0.2, -0.15) is 0 Å². The molecular weight excluding hydrogens is 819 g/mol. The van der Waals surface area contributed by atoms with E-state index in [1.807, 2.05) is 25.7 Å². The van der Waals surface area contributed by atoms with E-state index < -0.39 is 41.4 Å². The second kappa shape index (κ2) is 17.1. The molecule has 9 rings (SSSR count). The number of halogens is 2. The van der Waals surface area contributed by atoms with Gasteiger partial charge in [0.1, 0.15) is 17.7 Å². The summed E-state index contributed by atoms with van der Waals surface area (Å²) in [7, 11) is 1.80. The van der Waals surface area contributed by atoms with E-state index in [9.17, 15) is 28.8 Å². The number of nitrogens with two attached hydrogens (primary N) is 1. The van der Waals surface area contributed by atoms with Crippen molar-refractivity contribution in [2.24, 2.45) is 11.7 Å². The van der Waals surface area contributed by atoms with Gasteiger partial charge in [-0.3, -0.25) is 39.1 Å². The maximum atomic E-state index is 15.7. The third-order valence-corrected chi connectivity index (χ3v) is 13.4. The number of carbonyl (C=O) groups excluding carboxylic acids is 6. The maximum absolute atomic E-state index is 15.7. The summed E-state index contributed by atoms with van der Waals surface area (Å²) in [5.74, 6) is -3.72. The molecule has 3 N–H and O–H groups in total. The number of urea groups is 1. The smallest absolute Gasteiger partial charge is 0.320 e. The van der Waals surface area contributed by atoms with Gasteiger partial charge in [0.05, 0.1) is 34.2 Å². The second-order valence-corrected chi connectivity index (χ2v) is 17.4. The summed E-state index contributed by atoms with van der Waals surface area (Å²) in [6, 6.07) is 6.57. The van der Waals surface area contributed by atoms with Crippen molar-refractivity contribution >= 4 is 52.9 Å². The Kier molecular flexibility index (Phi) is 11.4. The maximum Gasteiger partial charge on any atom is 0.320 e. The average molecular weight is 869 g/mol. The SMILES string of the molecule is CN1CCN([C@@H]2CCCN(c3nnc(C(N)=O)c(CCc4ccc(N5CCN(CC6CCN(c7cc8c(cc7F)C(=O)N(C7CCC(=O)NC7=O)C8=O)C6)CC5)c(F)c4)n3)C2)C1=O. The highest BCUT2D eigenvalue weighted by atomic mass is 19.1. The molecule has 0 spiro atoms. The van der Waals surface area contributed by atoms with Crippen molar-refractivity contribution in [1.82, 2.24) is 40.1 Å². The van der Waals surface area contributed by atoms with Crippen LogP contribution in [-0.4, -0.2) is 161 Å². The number of likely N-dealkylation sites (N-methyl/N-ethyl adjacent to an activating group) is 1. The van der Waals surface area contributed by atoms with Gasteiger partial charge in [0.25, 0.3) is 17.7 Å². The zero-order valence-corrected chi connectivity index (χ0v) is 35.1. The lowest BCUT2D eigenvalue weighted by Crippen LogP contribution is -2.54. The highest BCUT2D eigenvalue weighted by Crippen LogP contribution is 2.35. The molecule has 5 saturated heterocycles. The monoisotopic (exact) mass is 868 g/mol. The van der Waals surface area contributed by atoms with Crippen molar-refractivity contribution in [1.29, 1.82) is 0 Å². The third-order valence-electron chi connectivity index (χ3n) is 13.4. The molecule has 332 valence electrons. The fourth-order valence-electron chi connectivity index (χ4n) is 9.93. The van der Waals surface area contributed by atoms with Gasteiger partial charge in [-0.15, -0.1) is 10.2 Å². The van der Waals surface area contributed by atoms with Gasteiger partial charge in [-0.05, 0) is 74.3 Å². The largest absolute Gasteiger partial charge is 0.369 e. The zero-order valence-electron chi connectivity index (χ0n) is 35.1. The van der Waals surface area contributed by atoms with Crippen LogP contribution in [0, 0.1) is 17.6 Å². The number of aryl methyl sites for hydroxylation is 2. The molecular formula is C43H50F2N12O6. The van der Waals surface area contributed by atoms with E-state index in [0.29, 0.717) is 95.6 Å². The molecule has 7 heterocycles. The Morgan fingerprint density at radius 3 is 2.27 bits per heavy atom. The number of carbonyl (C=O) groups is 6. The summed E-state index contributed by atoms with van der Waals surface area (Å²) >= 11 is 0. The molecule has 0 bridgehead atoms. The van der Waals surface area contributed by atoms with Crippen molar-refractivity contribution in [3.63, 3.8) is 0 Å². The van der Waals surface area contributed by atoms with Crippen LogP contribution in [0.15, 0.2) is 30.3 Å². The number of aromatic nitrogens is 3. The van der Waals surface area contributed by atoms with Gasteiger partial charge < -0.3 is 30.2 Å². The number of hydrogen-bond acceptors (Lipinski definition) is 13. The molecule has 3 aromatic rings. The predicted octanol–water partition coefficient (Wildman–Crippen LogP) is 1.42. The first-order valence-corrected chi connectivity index (χ1v) is 21.7. The normalized spacial score (nSPS) is 23.3. The number of rotatable bonds is 11. The molecule has 2 aromatic carbocycles. The van der Waals surface area contributed by atoms with Gasteiger partial charge in [-0.25, -0.2) is 18.6 Å². The molecule has 7 amide bonds. The molecule has 6 aliphatic rings. The molecule has 63 heavy (non-hydrogen) atoms. The minimum atomic E-state index is -1.13. The minimum Gasteiger partial charge on any atom is -0.369 e. The standard InChI is InChI=1S/C43H50F2N12O6/c1-51-13-18-56(43(51)63)27-3-2-11-55(24-27)42-47-32(37(38(46)59)49-50-42)6-4-25-5-7-33(30(44)19-25)53-16-14-52(15-17-53)22-26-10-12-54(23-26)35-21-29-28(20-31(35)45)40(61)57(41(29)62)34-8-9-36(58)48-39(34)60/h5,7,19-21,26-27,34H,2-4,6,8-18,22-24H2,1H3,(H2,46,59)(H,48,58,60)/t26?,27-,34?/m1/s1. The van der Waals surface area contributed by atoms with Gasteiger partial charge >= 0.3 is 6.03 Å². The van der Waals surface area contributed by atoms with Crippen LogP contribution in [0.3, 0.4) is 0 Å². The number of nitrogens with one attached hydrogen (secondary N) is 1. The molecule has 6 aliphatic heterocycles. The number of imide groups is 2. The van der Waals surface area contributed by atoms with E-state index in [4.69, 9.17) is 10.7 Å². The Morgan fingerprint density at radius 1 is 0.794 bits per heavy atom. The summed E-state index contributed by atoms with van der Waals surface area (Å²) in [6.45, 7) is 7.13. The van der Waals surface area contributed by atoms with Crippen LogP contribution in [0.2, 0.25) is 0 Å². The molecule has 18 nitrogen and oxygen atoms in total. The van der Waals surface area contributed by atoms with Crippen LogP contribution >= 0.6 is 0 Å². The van der Waals surface area contributed by atoms with Crippen molar-refractivity contribution in [3.05, 3.63) is 70.0 Å². The van der Waals surface area contributed by atoms with Crippen LogP contribution in [-0.2, 0) is 22.4 Å². The number of piperazine rings is 1. The Morgan fingerprint density at radius 2 is 1.56 bits per heavy atom. The molecule has 0 aliphatic carbocycles. The first-order valence-electron chi connectivity index (χ1n) is 21.7. The van der Waals surface area contributed by atoms with E-state index in [2.05, 4.69) is 20.4 Å². The number of piperidine rings is 2. The summed E-state index contributed by atoms with van der Waals surface area (Å²) < 4.78 is 31.2. The Labute approximate surface area is 362 Å². The Hall–Kier alpha value is -6.31.